The highest BCUT2D eigenvalue weighted by atomic mass is 16.5. The summed E-state index contributed by atoms with van der Waals surface area (Å²) in [5.74, 6) is -0.0746. The van der Waals surface area contributed by atoms with E-state index >= 15 is 0 Å². The average Bonchev–Trinajstić information content (AvgIpc) is 3.11. The molecule has 1 heterocycles. The number of primary amides is 1. The lowest BCUT2D eigenvalue weighted by atomic mass is 10.1. The van der Waals surface area contributed by atoms with Gasteiger partial charge in [0.1, 0.15) is 5.75 Å². The van der Waals surface area contributed by atoms with Gasteiger partial charge in [0, 0.05) is 23.4 Å². The molecule has 2 aromatic carbocycles. The first kappa shape index (κ1) is 16.3. The van der Waals surface area contributed by atoms with Crippen molar-refractivity contribution in [2.45, 2.75) is 0 Å². The van der Waals surface area contributed by atoms with Crippen LogP contribution < -0.4 is 15.8 Å². The number of benzene rings is 2. The van der Waals surface area contributed by atoms with Crippen molar-refractivity contribution in [3.8, 4) is 17.1 Å². The van der Waals surface area contributed by atoms with Crippen LogP contribution >= 0.6 is 0 Å². The summed E-state index contributed by atoms with van der Waals surface area (Å²) in [5.41, 5.74) is 6.51. The van der Waals surface area contributed by atoms with Gasteiger partial charge in [-0.3, -0.25) is 9.59 Å². The van der Waals surface area contributed by atoms with Gasteiger partial charge in [-0.25, -0.2) is 0 Å². The molecule has 0 unspecified atom stereocenters. The van der Waals surface area contributed by atoms with Crippen molar-refractivity contribution in [1.29, 1.82) is 0 Å². The standard InChI is InChI=1S/C18H15N3O4/c19-17(22)11-24-14-8-4-7-13(9-14)20-18(23)15-10-16(25-21-15)12-5-2-1-3-6-12/h1-10H,11H2,(H2,19,22)(H,20,23). The van der Waals surface area contributed by atoms with E-state index in [1.165, 1.54) is 0 Å². The van der Waals surface area contributed by atoms with Gasteiger partial charge in [-0.15, -0.1) is 0 Å². The predicted octanol–water partition coefficient (Wildman–Crippen LogP) is 2.46. The number of hydrogen-bond acceptors (Lipinski definition) is 5. The molecule has 0 bridgehead atoms. The minimum Gasteiger partial charge on any atom is -0.484 e. The number of nitrogens with two attached hydrogens (primary N) is 1. The van der Waals surface area contributed by atoms with Crippen molar-refractivity contribution in [2.75, 3.05) is 11.9 Å². The molecule has 7 heteroatoms. The Morgan fingerprint density at radius 3 is 2.64 bits per heavy atom. The number of hydrogen-bond donors (Lipinski definition) is 2. The third-order valence-electron chi connectivity index (χ3n) is 3.27. The summed E-state index contributed by atoms with van der Waals surface area (Å²) >= 11 is 0. The van der Waals surface area contributed by atoms with Crippen LogP contribution in [0.5, 0.6) is 5.75 Å². The quantitative estimate of drug-likeness (QED) is 0.718. The Morgan fingerprint density at radius 1 is 1.08 bits per heavy atom. The Morgan fingerprint density at radius 2 is 1.88 bits per heavy atom. The summed E-state index contributed by atoms with van der Waals surface area (Å²) in [6.45, 7) is -0.235. The van der Waals surface area contributed by atoms with E-state index in [0.29, 0.717) is 17.2 Å². The molecule has 0 saturated carbocycles. The second-order valence-corrected chi connectivity index (χ2v) is 5.18. The topological polar surface area (TPSA) is 107 Å². The van der Waals surface area contributed by atoms with Crippen molar-refractivity contribution in [3.05, 3.63) is 66.4 Å². The number of carbonyl (C=O) groups is 2. The zero-order valence-electron chi connectivity index (χ0n) is 13.1. The van der Waals surface area contributed by atoms with Gasteiger partial charge in [0.05, 0.1) is 0 Å². The van der Waals surface area contributed by atoms with Crippen LogP contribution in [-0.2, 0) is 4.79 Å². The van der Waals surface area contributed by atoms with Crippen molar-refractivity contribution < 1.29 is 18.8 Å². The minimum absolute atomic E-state index is 0.155. The van der Waals surface area contributed by atoms with Gasteiger partial charge in [-0.2, -0.15) is 0 Å². The molecule has 0 radical (unpaired) electrons. The van der Waals surface area contributed by atoms with E-state index in [9.17, 15) is 9.59 Å². The van der Waals surface area contributed by atoms with Crippen LogP contribution in [-0.4, -0.2) is 23.6 Å². The van der Waals surface area contributed by atoms with E-state index in [0.717, 1.165) is 5.56 Å². The van der Waals surface area contributed by atoms with Gasteiger partial charge < -0.3 is 20.3 Å². The highest BCUT2D eigenvalue weighted by Crippen LogP contribution is 2.21. The minimum atomic E-state index is -0.578. The number of aromatic nitrogens is 1. The molecule has 0 spiro atoms. The average molecular weight is 337 g/mol. The van der Waals surface area contributed by atoms with Crippen LogP contribution in [0.2, 0.25) is 0 Å². The molecule has 0 aliphatic rings. The van der Waals surface area contributed by atoms with E-state index in [4.69, 9.17) is 15.0 Å². The summed E-state index contributed by atoms with van der Waals surface area (Å²) in [6.07, 6.45) is 0. The fourth-order valence-corrected chi connectivity index (χ4v) is 2.13. The molecule has 3 N–H and O–H groups in total. The molecule has 0 aliphatic heterocycles. The largest absolute Gasteiger partial charge is 0.484 e. The second kappa shape index (κ2) is 7.31. The third-order valence-corrected chi connectivity index (χ3v) is 3.27. The zero-order valence-corrected chi connectivity index (χ0v) is 13.1. The van der Waals surface area contributed by atoms with Crippen molar-refractivity contribution >= 4 is 17.5 Å². The molecule has 25 heavy (non-hydrogen) atoms. The van der Waals surface area contributed by atoms with Crippen LogP contribution in [0.4, 0.5) is 5.69 Å². The smallest absolute Gasteiger partial charge is 0.277 e. The van der Waals surface area contributed by atoms with Crippen molar-refractivity contribution in [1.82, 2.24) is 5.16 Å². The molecule has 126 valence electrons. The van der Waals surface area contributed by atoms with Gasteiger partial charge in [-0.05, 0) is 12.1 Å². The molecular weight excluding hydrogens is 322 g/mol. The van der Waals surface area contributed by atoms with Gasteiger partial charge in [0.15, 0.2) is 18.1 Å². The lowest BCUT2D eigenvalue weighted by molar-refractivity contribution is -0.119. The first-order valence-corrected chi connectivity index (χ1v) is 7.46. The van der Waals surface area contributed by atoms with E-state index in [2.05, 4.69) is 10.5 Å². The Balaban J connectivity index is 1.69. The van der Waals surface area contributed by atoms with Crippen LogP contribution in [0, 0.1) is 0 Å². The van der Waals surface area contributed by atoms with E-state index in [1.54, 1.807) is 30.3 Å². The normalized spacial score (nSPS) is 10.2. The lowest BCUT2D eigenvalue weighted by Gasteiger charge is -2.07. The van der Waals surface area contributed by atoms with Crippen LogP contribution in [0.15, 0.2) is 65.2 Å². The molecule has 0 atom stereocenters. The monoisotopic (exact) mass is 337 g/mol. The zero-order chi connectivity index (χ0) is 17.6. The number of rotatable bonds is 6. The number of ether oxygens (including phenoxy) is 1. The molecule has 7 nitrogen and oxygen atoms in total. The molecule has 2 amide bonds. The molecule has 0 fully saturated rings. The molecule has 1 aromatic heterocycles. The number of anilines is 1. The first-order valence-electron chi connectivity index (χ1n) is 7.46. The maximum atomic E-state index is 12.3. The summed E-state index contributed by atoms with van der Waals surface area (Å²) in [5, 5.41) is 6.48. The third kappa shape index (κ3) is 4.23. The summed E-state index contributed by atoms with van der Waals surface area (Å²) in [6, 6.07) is 17.5. The van der Waals surface area contributed by atoms with Gasteiger partial charge in [0.25, 0.3) is 11.8 Å². The van der Waals surface area contributed by atoms with E-state index in [1.807, 2.05) is 30.3 Å². The molecule has 3 aromatic rings. The Labute approximate surface area is 143 Å². The van der Waals surface area contributed by atoms with Crippen LogP contribution in [0.25, 0.3) is 11.3 Å². The van der Waals surface area contributed by atoms with Crippen molar-refractivity contribution in [2.24, 2.45) is 5.73 Å². The van der Waals surface area contributed by atoms with Gasteiger partial charge in [-0.1, -0.05) is 41.6 Å². The van der Waals surface area contributed by atoms with Crippen molar-refractivity contribution in [3.63, 3.8) is 0 Å². The number of nitrogens with zero attached hydrogens (tertiary/aromatic N) is 1. The SMILES string of the molecule is NC(=O)COc1cccc(NC(=O)c2cc(-c3ccccc3)on2)c1. The first-order chi connectivity index (χ1) is 12.1. The second-order valence-electron chi connectivity index (χ2n) is 5.18. The van der Waals surface area contributed by atoms with E-state index in [-0.39, 0.29) is 12.3 Å². The highest BCUT2D eigenvalue weighted by molar-refractivity contribution is 6.03. The molecule has 0 aliphatic carbocycles. The maximum Gasteiger partial charge on any atom is 0.277 e. The highest BCUT2D eigenvalue weighted by Gasteiger charge is 2.14. The molecule has 3 rings (SSSR count). The van der Waals surface area contributed by atoms with Crippen LogP contribution in [0.3, 0.4) is 0 Å². The van der Waals surface area contributed by atoms with Gasteiger partial charge in [0.2, 0.25) is 0 Å². The van der Waals surface area contributed by atoms with E-state index < -0.39 is 11.8 Å². The van der Waals surface area contributed by atoms with Gasteiger partial charge >= 0.3 is 0 Å². The molecular formula is C18H15N3O4. The number of amides is 2. The summed E-state index contributed by atoms with van der Waals surface area (Å²) < 4.78 is 10.4. The Kier molecular flexibility index (Phi) is 4.75. The summed E-state index contributed by atoms with van der Waals surface area (Å²) in [4.78, 5) is 23.0. The number of carbonyl (C=O) groups excluding carboxylic acids is 2. The lowest BCUT2D eigenvalue weighted by Crippen LogP contribution is -2.20. The predicted molar refractivity (Wildman–Crippen MR) is 91.0 cm³/mol. The maximum absolute atomic E-state index is 12.3. The molecule has 0 saturated heterocycles. The fraction of sp³-hybridized carbons (Fsp3) is 0.0556. The fourth-order valence-electron chi connectivity index (χ4n) is 2.13. The number of nitrogens with one attached hydrogen (secondary N) is 1. The Hall–Kier alpha value is -3.61. The van der Waals surface area contributed by atoms with Crippen LogP contribution in [0.1, 0.15) is 10.5 Å². The Bertz CT molecular complexity index is 890. The summed E-state index contributed by atoms with van der Waals surface area (Å²) in [7, 11) is 0.